The van der Waals surface area contributed by atoms with Crippen molar-refractivity contribution < 1.29 is 53.8 Å². The second-order valence-electron chi connectivity index (χ2n) is 7.06. The van der Waals surface area contributed by atoms with Gasteiger partial charge in [-0.2, -0.15) is 12.1 Å². The van der Waals surface area contributed by atoms with Crippen molar-refractivity contribution in [2.75, 3.05) is 26.2 Å². The van der Waals surface area contributed by atoms with Gasteiger partial charge in [0.25, 0.3) is 0 Å². The van der Waals surface area contributed by atoms with Crippen LogP contribution in [-0.2, 0) is 59.3 Å². The minimum Gasteiger partial charge on any atom is -0.686 e. The van der Waals surface area contributed by atoms with Gasteiger partial charge in [-0.15, -0.1) is 25.5 Å². The van der Waals surface area contributed by atoms with Crippen LogP contribution in [-0.4, -0.2) is 40.6 Å². The molecule has 2 heterocycles. The van der Waals surface area contributed by atoms with E-state index in [1.54, 1.807) is 6.20 Å². The smallest absolute Gasteiger partial charge is 0.686 e. The number of piperazine rings is 1. The summed E-state index contributed by atoms with van der Waals surface area (Å²) in [5.41, 5.74) is 1.84. The molecule has 1 fully saturated rings. The van der Waals surface area contributed by atoms with Crippen LogP contribution in [0, 0.1) is 20.2 Å². The minimum absolute atomic E-state index is 0. The first-order valence-electron chi connectivity index (χ1n) is 13.1. The summed E-state index contributed by atoms with van der Waals surface area (Å²) in [5.74, 6) is 0. The van der Waals surface area contributed by atoms with Gasteiger partial charge < -0.3 is 33.6 Å². The molecule has 1 aliphatic heterocycles. The number of nitrogens with zero attached hydrogens (tertiary/aromatic N) is 4. The van der Waals surface area contributed by atoms with Gasteiger partial charge in [-0.05, 0) is 19.4 Å². The van der Waals surface area contributed by atoms with Crippen molar-refractivity contribution in [3.8, 4) is 0 Å². The quantitative estimate of drug-likeness (QED) is 0.288. The molecule has 0 bridgehead atoms. The van der Waals surface area contributed by atoms with Crippen LogP contribution < -0.4 is 0 Å². The number of benzene rings is 1. The molecule has 4 nitrogen and oxygen atoms in total. The molecule has 0 spiro atoms. The Hall–Kier alpha value is -0.278. The van der Waals surface area contributed by atoms with Gasteiger partial charge in [0.1, 0.15) is 0 Å². The van der Waals surface area contributed by atoms with E-state index in [2.05, 4.69) is 67.9 Å². The van der Waals surface area contributed by atoms with Crippen LogP contribution in [0.25, 0.3) is 5.32 Å². The van der Waals surface area contributed by atoms with Gasteiger partial charge in [-0.25, -0.2) is 0 Å². The fourth-order valence-corrected chi connectivity index (χ4v) is 2.70. The third-order valence-electron chi connectivity index (χ3n) is 4.59. The maximum atomic E-state index is 4.19. The molecule has 36 heavy (non-hydrogen) atoms. The molecule has 1 saturated heterocycles. The Labute approximate surface area is 265 Å². The summed E-state index contributed by atoms with van der Waals surface area (Å²) >= 11 is 0. The molecule has 2 aromatic rings. The Balaban J connectivity index is -0.000000127. The zero-order chi connectivity index (χ0) is 26.8. The standard InChI is InChI=1S/C12H12N2.C7H13N2.C5H11.3C2H6.W.Y/c1-12(2,14-9-8-13-10-14)11-6-4-3-5-7-11;1-3-9-5-4-8-7(2)6-9;1-3-5-4-2;3*1-2;;/h3-9H,1H2,2H3;2-6H2,1H3;1,3-5H2,2H3;3*1-2H3;;/q-2;2*-1;;;;+2;. The predicted octanol–water partition coefficient (Wildman–Crippen LogP) is 8.57. The molecule has 1 aromatic carbocycles. The molecule has 1 aliphatic rings. The van der Waals surface area contributed by atoms with E-state index in [4.69, 9.17) is 0 Å². The number of unbranched alkanes of at least 4 members (excludes halogenated alkanes) is 2. The zero-order valence-corrected chi connectivity index (χ0v) is 30.7. The largest absolute Gasteiger partial charge is 2.00 e. The van der Waals surface area contributed by atoms with Gasteiger partial charge in [0.15, 0.2) is 0 Å². The van der Waals surface area contributed by atoms with Crippen molar-refractivity contribution in [2.45, 2.75) is 87.1 Å². The van der Waals surface area contributed by atoms with Crippen molar-refractivity contribution in [3.05, 3.63) is 86.1 Å². The Bertz CT molecular complexity index is 644. The molecule has 0 amide bonds. The summed E-state index contributed by atoms with van der Waals surface area (Å²) in [7, 11) is 0. The molecule has 0 saturated carbocycles. The fraction of sp³-hybridized carbons (Fsp3) is 0.567. The average molecular weight is 744 g/mol. The predicted molar refractivity (Wildman–Crippen MR) is 154 cm³/mol. The normalized spacial score (nSPS) is 12.9. The SMILES string of the molecule is C=C1CN(CC)CC[N-]1.CC.CC.CC.[CH2-]C(C)(c1ccccc1)n1[c-]ncc1.[CH2-]CCCC.[W+2].[Y]. The van der Waals surface area contributed by atoms with Crippen LogP contribution >= 0.6 is 0 Å². The summed E-state index contributed by atoms with van der Waals surface area (Å²) in [6, 6.07) is 10.1. The first-order valence-corrected chi connectivity index (χ1v) is 13.1. The summed E-state index contributed by atoms with van der Waals surface area (Å²) < 4.78 is 1.88. The first kappa shape index (κ1) is 45.6. The van der Waals surface area contributed by atoms with Crippen LogP contribution in [0.5, 0.6) is 0 Å². The molecule has 1 aromatic heterocycles. The number of hydrogen-bond donors (Lipinski definition) is 0. The monoisotopic (exact) mass is 743 g/mol. The maximum absolute atomic E-state index is 4.19. The van der Waals surface area contributed by atoms with Crippen LogP contribution in [0.1, 0.15) is 87.1 Å². The number of likely N-dealkylation sites (N-methyl/N-ethyl adjacent to an activating group) is 1. The molecular weight excluding hydrogens is 689 g/mol. The van der Waals surface area contributed by atoms with Crippen LogP contribution in [0.15, 0.2) is 55.0 Å². The molecular formula is C30H54N4WY-2. The van der Waals surface area contributed by atoms with Crippen molar-refractivity contribution >= 4 is 0 Å². The molecule has 0 N–H and O–H groups in total. The molecule has 205 valence electrons. The van der Waals surface area contributed by atoms with E-state index in [0.717, 1.165) is 43.9 Å². The van der Waals surface area contributed by atoms with Crippen molar-refractivity contribution in [1.29, 1.82) is 0 Å². The van der Waals surface area contributed by atoms with E-state index in [1.165, 1.54) is 12.8 Å². The molecule has 1 atom stereocenters. The first-order chi connectivity index (χ1) is 16.5. The number of hydrogen-bond acceptors (Lipinski definition) is 2. The topological polar surface area (TPSA) is 35.2 Å². The maximum Gasteiger partial charge on any atom is 2.00 e. The number of rotatable bonds is 5. The molecule has 1 radical (unpaired) electrons. The second kappa shape index (κ2) is 32.8. The van der Waals surface area contributed by atoms with Gasteiger partial charge in [0, 0.05) is 39.3 Å². The summed E-state index contributed by atoms with van der Waals surface area (Å²) in [6.07, 6.45) is 10.1. The fourth-order valence-electron chi connectivity index (χ4n) is 2.70. The third kappa shape index (κ3) is 21.8. The Kier molecular flexibility index (Phi) is 41.5. The van der Waals surface area contributed by atoms with Crippen molar-refractivity contribution in [3.63, 3.8) is 0 Å². The zero-order valence-electron chi connectivity index (χ0n) is 24.9. The summed E-state index contributed by atoms with van der Waals surface area (Å²) in [5, 5.41) is 4.19. The molecule has 3 rings (SSSR count). The van der Waals surface area contributed by atoms with Gasteiger partial charge in [0.2, 0.25) is 0 Å². The Morgan fingerprint density at radius 3 is 1.97 bits per heavy atom. The van der Waals surface area contributed by atoms with Gasteiger partial charge >= 0.3 is 21.1 Å². The van der Waals surface area contributed by atoms with E-state index in [9.17, 15) is 0 Å². The van der Waals surface area contributed by atoms with Gasteiger partial charge in [-0.1, -0.05) is 117 Å². The summed E-state index contributed by atoms with van der Waals surface area (Å²) in [4.78, 5) is 6.25. The molecule has 1 unspecified atom stereocenters. The van der Waals surface area contributed by atoms with E-state index in [0.29, 0.717) is 0 Å². The average Bonchev–Trinajstić information content (AvgIpc) is 3.46. The van der Waals surface area contributed by atoms with E-state index in [1.807, 2.05) is 77.4 Å². The number of imidazole rings is 1. The van der Waals surface area contributed by atoms with Crippen molar-refractivity contribution in [1.82, 2.24) is 14.5 Å². The van der Waals surface area contributed by atoms with Crippen molar-refractivity contribution in [2.24, 2.45) is 0 Å². The Morgan fingerprint density at radius 2 is 1.64 bits per heavy atom. The minimum atomic E-state index is -0.336. The number of aromatic nitrogens is 2. The summed E-state index contributed by atoms with van der Waals surface area (Å²) in [6.45, 7) is 34.2. The van der Waals surface area contributed by atoms with E-state index in [-0.39, 0.29) is 59.3 Å². The van der Waals surface area contributed by atoms with E-state index < -0.39 is 0 Å². The van der Waals surface area contributed by atoms with Gasteiger partial charge in [0.05, 0.1) is 0 Å². The second-order valence-corrected chi connectivity index (χ2v) is 7.06. The van der Waals surface area contributed by atoms with Crippen LogP contribution in [0.2, 0.25) is 0 Å². The van der Waals surface area contributed by atoms with Gasteiger partial charge in [-0.3, -0.25) is 0 Å². The Morgan fingerprint density at radius 1 is 1.08 bits per heavy atom. The van der Waals surface area contributed by atoms with Crippen LogP contribution in [0.3, 0.4) is 0 Å². The third-order valence-corrected chi connectivity index (χ3v) is 4.59. The van der Waals surface area contributed by atoms with E-state index >= 15 is 0 Å². The van der Waals surface area contributed by atoms with Crippen LogP contribution in [0.4, 0.5) is 0 Å². The molecule has 0 aliphatic carbocycles. The molecule has 6 heteroatoms.